The molecule has 1 aliphatic heterocycles. The molecular formula is C13H23Cl2N3O2S. The Morgan fingerprint density at radius 3 is 2.67 bits per heavy atom. The summed E-state index contributed by atoms with van der Waals surface area (Å²) in [6, 6.07) is 0. The van der Waals surface area contributed by atoms with Crippen LogP contribution in [-0.2, 0) is 22.5 Å². The fourth-order valence-electron chi connectivity index (χ4n) is 2.26. The second-order valence-corrected chi connectivity index (χ2v) is 5.90. The summed E-state index contributed by atoms with van der Waals surface area (Å²) in [6.45, 7) is 4.23. The first kappa shape index (κ1) is 20.6. The molecule has 0 unspecified atom stereocenters. The number of hydrogen-bond acceptors (Lipinski definition) is 5. The van der Waals surface area contributed by atoms with E-state index in [1.807, 2.05) is 6.20 Å². The van der Waals surface area contributed by atoms with Crippen molar-refractivity contribution in [2.45, 2.75) is 38.3 Å². The van der Waals surface area contributed by atoms with E-state index in [1.165, 1.54) is 4.88 Å². The van der Waals surface area contributed by atoms with E-state index in [1.54, 1.807) is 18.4 Å². The van der Waals surface area contributed by atoms with Gasteiger partial charge in [-0.25, -0.2) is 4.98 Å². The van der Waals surface area contributed by atoms with Crippen LogP contribution >= 0.6 is 36.2 Å². The van der Waals surface area contributed by atoms with Gasteiger partial charge in [0.05, 0.1) is 6.54 Å². The minimum atomic E-state index is -0.671. The van der Waals surface area contributed by atoms with E-state index in [9.17, 15) is 4.79 Å². The standard InChI is InChI=1S/C13H21N3O2S.2ClH/c1-3-10-8-15-11(19-10)9-16-12(17)13(18-2)4-6-14-7-5-13;;/h8,14H,3-7,9H2,1-2H3,(H,16,17);2*1H. The number of carbonyl (C=O) groups excluding carboxylic acids is 1. The Kier molecular flexibility index (Phi) is 9.40. The second-order valence-electron chi connectivity index (χ2n) is 4.70. The molecule has 8 heteroatoms. The van der Waals surface area contributed by atoms with Crippen LogP contribution in [0.15, 0.2) is 6.20 Å². The molecule has 1 aromatic heterocycles. The molecule has 1 aliphatic rings. The van der Waals surface area contributed by atoms with E-state index < -0.39 is 5.60 Å². The van der Waals surface area contributed by atoms with E-state index in [0.29, 0.717) is 19.4 Å². The second kappa shape index (κ2) is 9.58. The quantitative estimate of drug-likeness (QED) is 0.846. The molecule has 0 spiro atoms. The van der Waals surface area contributed by atoms with Crippen molar-refractivity contribution in [3.63, 3.8) is 0 Å². The van der Waals surface area contributed by atoms with E-state index in [-0.39, 0.29) is 30.7 Å². The van der Waals surface area contributed by atoms with Crippen LogP contribution in [0.5, 0.6) is 0 Å². The van der Waals surface area contributed by atoms with Gasteiger partial charge in [0.2, 0.25) is 0 Å². The molecule has 0 atom stereocenters. The number of aryl methyl sites for hydroxylation is 1. The molecule has 0 aromatic carbocycles. The largest absolute Gasteiger partial charge is 0.368 e. The van der Waals surface area contributed by atoms with Gasteiger partial charge >= 0.3 is 0 Å². The molecule has 5 nitrogen and oxygen atoms in total. The normalized spacial score (nSPS) is 16.5. The zero-order chi connectivity index (χ0) is 13.7. The summed E-state index contributed by atoms with van der Waals surface area (Å²) in [5.41, 5.74) is -0.671. The predicted molar refractivity (Wildman–Crippen MR) is 89.7 cm³/mol. The highest BCUT2D eigenvalue weighted by Gasteiger charge is 2.39. The Morgan fingerprint density at radius 2 is 2.14 bits per heavy atom. The third-order valence-corrected chi connectivity index (χ3v) is 4.71. The fraction of sp³-hybridized carbons (Fsp3) is 0.692. The zero-order valence-electron chi connectivity index (χ0n) is 12.3. The van der Waals surface area contributed by atoms with Gasteiger partial charge in [0, 0.05) is 18.2 Å². The third kappa shape index (κ3) is 5.07. The molecule has 1 saturated heterocycles. The maximum atomic E-state index is 12.3. The third-order valence-electron chi connectivity index (χ3n) is 3.57. The van der Waals surface area contributed by atoms with Crippen molar-refractivity contribution in [3.05, 3.63) is 16.1 Å². The Labute approximate surface area is 142 Å². The summed E-state index contributed by atoms with van der Waals surface area (Å²) in [7, 11) is 1.61. The molecular weight excluding hydrogens is 333 g/mol. The molecule has 1 fully saturated rings. The number of ether oxygens (including phenoxy) is 1. The number of amides is 1. The molecule has 0 bridgehead atoms. The topological polar surface area (TPSA) is 63.2 Å². The van der Waals surface area contributed by atoms with E-state index in [4.69, 9.17) is 4.74 Å². The Hall–Kier alpha value is -0.400. The van der Waals surface area contributed by atoms with Crippen molar-refractivity contribution >= 4 is 42.1 Å². The maximum Gasteiger partial charge on any atom is 0.252 e. The van der Waals surface area contributed by atoms with Crippen LogP contribution in [0.2, 0.25) is 0 Å². The predicted octanol–water partition coefficient (Wildman–Crippen LogP) is 1.93. The van der Waals surface area contributed by atoms with Crippen molar-refractivity contribution in [1.29, 1.82) is 0 Å². The van der Waals surface area contributed by atoms with Gasteiger partial charge in [-0.1, -0.05) is 6.92 Å². The lowest BCUT2D eigenvalue weighted by atomic mass is 9.91. The minimum absolute atomic E-state index is 0. The lowest BCUT2D eigenvalue weighted by molar-refractivity contribution is -0.146. The molecule has 2 rings (SSSR count). The summed E-state index contributed by atoms with van der Waals surface area (Å²) in [4.78, 5) is 17.9. The van der Waals surface area contributed by atoms with Crippen LogP contribution < -0.4 is 10.6 Å². The molecule has 21 heavy (non-hydrogen) atoms. The van der Waals surface area contributed by atoms with Crippen molar-refractivity contribution in [2.75, 3.05) is 20.2 Å². The summed E-state index contributed by atoms with van der Waals surface area (Å²) < 4.78 is 5.49. The van der Waals surface area contributed by atoms with Crippen LogP contribution in [0.25, 0.3) is 0 Å². The lowest BCUT2D eigenvalue weighted by Crippen LogP contribution is -2.53. The molecule has 2 heterocycles. The number of thiazole rings is 1. The van der Waals surface area contributed by atoms with Crippen molar-refractivity contribution < 1.29 is 9.53 Å². The van der Waals surface area contributed by atoms with Crippen molar-refractivity contribution in [3.8, 4) is 0 Å². The molecule has 1 amide bonds. The Bertz CT molecular complexity index is 437. The first-order valence-electron chi connectivity index (χ1n) is 6.68. The minimum Gasteiger partial charge on any atom is -0.368 e. The number of aromatic nitrogens is 1. The molecule has 0 aliphatic carbocycles. The number of nitrogens with one attached hydrogen (secondary N) is 2. The monoisotopic (exact) mass is 355 g/mol. The zero-order valence-corrected chi connectivity index (χ0v) is 14.8. The van der Waals surface area contributed by atoms with Crippen molar-refractivity contribution in [2.24, 2.45) is 0 Å². The lowest BCUT2D eigenvalue weighted by Gasteiger charge is -2.34. The Balaban J connectivity index is 0.00000200. The SMILES string of the molecule is CCc1cnc(CNC(=O)C2(OC)CCNCC2)s1.Cl.Cl. The number of methoxy groups -OCH3 is 1. The van der Waals surface area contributed by atoms with Crippen molar-refractivity contribution in [1.82, 2.24) is 15.6 Å². The molecule has 1 aromatic rings. The van der Waals surface area contributed by atoms with Crippen LogP contribution in [0.3, 0.4) is 0 Å². The maximum absolute atomic E-state index is 12.3. The van der Waals surface area contributed by atoms with E-state index in [2.05, 4.69) is 22.5 Å². The summed E-state index contributed by atoms with van der Waals surface area (Å²) in [5, 5.41) is 7.15. The number of halogens is 2. The highest BCUT2D eigenvalue weighted by Crippen LogP contribution is 2.23. The van der Waals surface area contributed by atoms with Gasteiger partial charge in [-0.15, -0.1) is 36.2 Å². The average Bonchev–Trinajstić information content (AvgIpc) is 2.93. The molecule has 2 N–H and O–H groups in total. The number of piperidine rings is 1. The van der Waals surface area contributed by atoms with Gasteiger partial charge < -0.3 is 15.4 Å². The highest BCUT2D eigenvalue weighted by molar-refractivity contribution is 7.11. The number of hydrogen-bond donors (Lipinski definition) is 2. The smallest absolute Gasteiger partial charge is 0.252 e. The molecule has 0 radical (unpaired) electrons. The average molecular weight is 356 g/mol. The van der Waals surface area contributed by atoms with Gasteiger partial charge in [0.15, 0.2) is 0 Å². The highest BCUT2D eigenvalue weighted by atomic mass is 35.5. The van der Waals surface area contributed by atoms with Gasteiger partial charge in [-0.2, -0.15) is 0 Å². The Morgan fingerprint density at radius 1 is 1.48 bits per heavy atom. The molecule has 0 saturated carbocycles. The summed E-state index contributed by atoms with van der Waals surface area (Å²) in [6.07, 6.45) is 4.29. The fourth-order valence-corrected chi connectivity index (χ4v) is 3.07. The van der Waals surface area contributed by atoms with Crippen LogP contribution in [0.4, 0.5) is 0 Å². The summed E-state index contributed by atoms with van der Waals surface area (Å²) in [5.74, 6) is -0.0234. The number of carbonyl (C=O) groups is 1. The van der Waals surface area contributed by atoms with Gasteiger partial charge in [-0.3, -0.25) is 4.79 Å². The molecule has 122 valence electrons. The number of rotatable bonds is 5. The van der Waals surface area contributed by atoms with E-state index in [0.717, 1.165) is 24.5 Å². The van der Waals surface area contributed by atoms with Crippen LogP contribution in [-0.4, -0.2) is 36.7 Å². The first-order chi connectivity index (χ1) is 9.20. The van der Waals surface area contributed by atoms with Gasteiger partial charge in [0.25, 0.3) is 5.91 Å². The first-order valence-corrected chi connectivity index (χ1v) is 7.49. The number of nitrogens with zero attached hydrogens (tertiary/aromatic N) is 1. The van der Waals surface area contributed by atoms with Gasteiger partial charge in [0.1, 0.15) is 10.6 Å². The van der Waals surface area contributed by atoms with Crippen LogP contribution in [0.1, 0.15) is 29.7 Å². The summed E-state index contributed by atoms with van der Waals surface area (Å²) >= 11 is 1.65. The van der Waals surface area contributed by atoms with E-state index >= 15 is 0 Å². The van der Waals surface area contributed by atoms with Gasteiger partial charge in [-0.05, 0) is 32.4 Å². The van der Waals surface area contributed by atoms with Crippen LogP contribution in [0, 0.1) is 0 Å².